The molecule has 1 aromatic rings. The second kappa shape index (κ2) is 9.26. The lowest BCUT2D eigenvalue weighted by molar-refractivity contribution is -0.135. The number of aryl methyl sites for hydroxylation is 1. The van der Waals surface area contributed by atoms with Crippen LogP contribution in [0.25, 0.3) is 0 Å². The van der Waals surface area contributed by atoms with Crippen LogP contribution in [0.15, 0.2) is 12.1 Å². The highest BCUT2D eigenvalue weighted by Crippen LogP contribution is 2.32. The molecule has 6 nitrogen and oxygen atoms in total. The third-order valence-corrected chi connectivity index (χ3v) is 6.10. The monoisotopic (exact) mass is 416 g/mol. The van der Waals surface area contributed by atoms with Gasteiger partial charge in [0, 0.05) is 44.0 Å². The first-order valence-corrected chi connectivity index (χ1v) is 11.6. The average molecular weight is 417 g/mol. The minimum atomic E-state index is -2.96. The van der Waals surface area contributed by atoms with Gasteiger partial charge in [-0.3, -0.25) is 9.69 Å². The summed E-state index contributed by atoms with van der Waals surface area (Å²) in [6.07, 6.45) is 1.24. The van der Waals surface area contributed by atoms with Gasteiger partial charge in [0.25, 0.3) is 5.91 Å². The normalized spacial score (nSPS) is 16.0. The molecule has 0 spiro atoms. The molecular weight excluding hydrogens is 388 g/mol. The van der Waals surface area contributed by atoms with Gasteiger partial charge in [-0.05, 0) is 36.1 Å². The average Bonchev–Trinajstić information content (AvgIpc) is 2.60. The molecule has 27 heavy (non-hydrogen) atoms. The molecule has 1 heterocycles. The van der Waals surface area contributed by atoms with Gasteiger partial charge in [0.1, 0.15) is 15.6 Å². The van der Waals surface area contributed by atoms with E-state index in [2.05, 4.69) is 18.7 Å². The maximum atomic E-state index is 12.5. The SMILES string of the molecule is Cc1cc(OCC(=O)N2CCN(CCS(C)(=O)=O)CC2)c(C(C)C)cc1Cl. The van der Waals surface area contributed by atoms with Crippen LogP contribution < -0.4 is 4.74 Å². The molecule has 1 fully saturated rings. The Kier molecular flexibility index (Phi) is 7.54. The molecule has 1 aliphatic heterocycles. The Balaban J connectivity index is 1.88. The first-order chi connectivity index (χ1) is 12.6. The van der Waals surface area contributed by atoms with Crippen LogP contribution >= 0.6 is 11.6 Å². The molecule has 1 amide bonds. The lowest BCUT2D eigenvalue weighted by atomic mass is 10.0. The van der Waals surface area contributed by atoms with Gasteiger partial charge in [0.05, 0.1) is 5.75 Å². The molecular formula is C19H29ClN2O4S. The number of piperazine rings is 1. The van der Waals surface area contributed by atoms with E-state index in [0.29, 0.717) is 43.5 Å². The quantitative estimate of drug-likeness (QED) is 0.682. The van der Waals surface area contributed by atoms with Crippen LogP contribution in [0.3, 0.4) is 0 Å². The Hall–Kier alpha value is -1.31. The van der Waals surface area contributed by atoms with Gasteiger partial charge >= 0.3 is 0 Å². The van der Waals surface area contributed by atoms with E-state index in [0.717, 1.165) is 11.1 Å². The topological polar surface area (TPSA) is 66.9 Å². The Morgan fingerprint density at radius 1 is 1.22 bits per heavy atom. The first kappa shape index (κ1) is 22.0. The number of halogens is 1. The van der Waals surface area contributed by atoms with Crippen molar-refractivity contribution in [2.45, 2.75) is 26.7 Å². The summed E-state index contributed by atoms with van der Waals surface area (Å²) in [7, 11) is -2.96. The predicted octanol–water partition coefficient (Wildman–Crippen LogP) is 2.34. The van der Waals surface area contributed by atoms with E-state index in [-0.39, 0.29) is 24.2 Å². The van der Waals surface area contributed by atoms with Crippen molar-refractivity contribution in [1.82, 2.24) is 9.80 Å². The summed E-state index contributed by atoms with van der Waals surface area (Å²) >= 11 is 6.21. The largest absolute Gasteiger partial charge is 0.483 e. The maximum absolute atomic E-state index is 12.5. The zero-order chi connectivity index (χ0) is 20.2. The number of ether oxygens (including phenoxy) is 1. The van der Waals surface area contributed by atoms with Crippen LogP contribution in [-0.4, -0.2) is 75.5 Å². The van der Waals surface area contributed by atoms with Crippen LogP contribution in [0.5, 0.6) is 5.75 Å². The fraction of sp³-hybridized carbons (Fsp3) is 0.632. The molecule has 0 bridgehead atoms. The molecule has 1 aliphatic rings. The van der Waals surface area contributed by atoms with Crippen molar-refractivity contribution in [2.75, 3.05) is 51.3 Å². The van der Waals surface area contributed by atoms with Crippen LogP contribution in [0.1, 0.15) is 30.9 Å². The van der Waals surface area contributed by atoms with E-state index < -0.39 is 9.84 Å². The van der Waals surface area contributed by atoms with E-state index in [1.54, 1.807) is 4.90 Å². The van der Waals surface area contributed by atoms with Crippen molar-refractivity contribution in [3.63, 3.8) is 0 Å². The zero-order valence-corrected chi connectivity index (χ0v) is 18.1. The molecule has 8 heteroatoms. The van der Waals surface area contributed by atoms with Crippen LogP contribution in [-0.2, 0) is 14.6 Å². The molecule has 0 unspecified atom stereocenters. The highest BCUT2D eigenvalue weighted by Gasteiger charge is 2.22. The summed E-state index contributed by atoms with van der Waals surface area (Å²) in [4.78, 5) is 16.3. The fourth-order valence-electron chi connectivity index (χ4n) is 2.99. The third-order valence-electron chi connectivity index (χ3n) is 4.77. The van der Waals surface area contributed by atoms with E-state index in [1.807, 2.05) is 19.1 Å². The molecule has 0 saturated carbocycles. The molecule has 1 saturated heterocycles. The molecule has 0 radical (unpaired) electrons. The summed E-state index contributed by atoms with van der Waals surface area (Å²) in [5.41, 5.74) is 1.91. The van der Waals surface area contributed by atoms with Crippen LogP contribution in [0, 0.1) is 6.92 Å². The second-order valence-corrected chi connectivity index (χ2v) is 10.1. The van der Waals surface area contributed by atoms with E-state index in [9.17, 15) is 13.2 Å². The van der Waals surface area contributed by atoms with Crippen molar-refractivity contribution in [3.8, 4) is 5.75 Å². The number of hydrogen-bond acceptors (Lipinski definition) is 5. The number of sulfone groups is 1. The third kappa shape index (κ3) is 6.66. The van der Waals surface area contributed by atoms with Gasteiger partial charge in [-0.2, -0.15) is 0 Å². The Labute approximate surface area is 167 Å². The minimum absolute atomic E-state index is 0.00979. The number of carbonyl (C=O) groups excluding carboxylic acids is 1. The van der Waals surface area contributed by atoms with Crippen molar-refractivity contribution in [1.29, 1.82) is 0 Å². The highest BCUT2D eigenvalue weighted by atomic mass is 35.5. The van der Waals surface area contributed by atoms with E-state index in [1.165, 1.54) is 6.26 Å². The standard InChI is InChI=1S/C19H29ClN2O4S/c1-14(2)16-12-17(20)15(3)11-18(16)26-13-19(23)22-7-5-21(6-8-22)9-10-27(4,24)25/h11-12,14H,5-10,13H2,1-4H3. The lowest BCUT2D eigenvalue weighted by Crippen LogP contribution is -2.50. The highest BCUT2D eigenvalue weighted by molar-refractivity contribution is 7.90. The molecule has 0 aliphatic carbocycles. The zero-order valence-electron chi connectivity index (χ0n) is 16.5. The van der Waals surface area contributed by atoms with Gasteiger partial charge in [0.15, 0.2) is 6.61 Å². The van der Waals surface area contributed by atoms with Crippen molar-refractivity contribution in [3.05, 3.63) is 28.3 Å². The number of amides is 1. The van der Waals surface area contributed by atoms with Gasteiger partial charge < -0.3 is 9.64 Å². The second-order valence-electron chi connectivity index (χ2n) is 7.43. The molecule has 0 atom stereocenters. The van der Waals surface area contributed by atoms with Crippen LogP contribution in [0.4, 0.5) is 0 Å². The number of nitrogens with zero attached hydrogens (tertiary/aromatic N) is 2. The summed E-state index contributed by atoms with van der Waals surface area (Å²) < 4.78 is 28.4. The number of rotatable bonds is 7. The molecule has 2 rings (SSSR count). The van der Waals surface area contributed by atoms with Gasteiger partial charge in [-0.1, -0.05) is 25.4 Å². The van der Waals surface area contributed by atoms with Gasteiger partial charge in [0.2, 0.25) is 0 Å². The van der Waals surface area contributed by atoms with Gasteiger partial charge in [-0.25, -0.2) is 8.42 Å². The first-order valence-electron chi connectivity index (χ1n) is 9.17. The van der Waals surface area contributed by atoms with Crippen molar-refractivity contribution in [2.24, 2.45) is 0 Å². The molecule has 0 aromatic heterocycles. The van der Waals surface area contributed by atoms with E-state index in [4.69, 9.17) is 16.3 Å². The van der Waals surface area contributed by atoms with Crippen molar-refractivity contribution < 1.29 is 17.9 Å². The number of benzene rings is 1. The summed E-state index contributed by atoms with van der Waals surface area (Å²) in [6, 6.07) is 3.79. The number of hydrogen-bond donors (Lipinski definition) is 0. The van der Waals surface area contributed by atoms with Crippen LogP contribution in [0.2, 0.25) is 5.02 Å². The Bertz CT molecular complexity index is 772. The smallest absolute Gasteiger partial charge is 0.260 e. The van der Waals surface area contributed by atoms with Gasteiger partial charge in [-0.15, -0.1) is 0 Å². The summed E-state index contributed by atoms with van der Waals surface area (Å²) in [6.45, 7) is 9.07. The Morgan fingerprint density at radius 2 is 1.85 bits per heavy atom. The lowest BCUT2D eigenvalue weighted by Gasteiger charge is -2.34. The predicted molar refractivity (Wildman–Crippen MR) is 109 cm³/mol. The summed E-state index contributed by atoms with van der Waals surface area (Å²) in [5.74, 6) is 1.04. The minimum Gasteiger partial charge on any atom is -0.483 e. The van der Waals surface area contributed by atoms with Crippen molar-refractivity contribution >= 4 is 27.3 Å². The fourth-order valence-corrected chi connectivity index (χ4v) is 3.76. The summed E-state index contributed by atoms with van der Waals surface area (Å²) in [5, 5.41) is 0.697. The number of carbonyl (C=O) groups is 1. The molecule has 1 aromatic carbocycles. The molecule has 0 N–H and O–H groups in total. The maximum Gasteiger partial charge on any atom is 0.260 e. The van der Waals surface area contributed by atoms with E-state index >= 15 is 0 Å². The Morgan fingerprint density at radius 3 is 2.41 bits per heavy atom. The molecule has 152 valence electrons.